The number of imidazole rings is 1. The number of aromatic nitrogens is 2. The summed E-state index contributed by atoms with van der Waals surface area (Å²) in [5.41, 5.74) is 2.16. The minimum atomic E-state index is -0.630. The highest BCUT2D eigenvalue weighted by Crippen LogP contribution is 2.58. The maximum Gasteiger partial charge on any atom is 0.407 e. The van der Waals surface area contributed by atoms with Crippen LogP contribution in [0, 0.1) is 11.3 Å². The Morgan fingerprint density at radius 1 is 1.30 bits per heavy atom. The number of carbonyl (C=O) groups is 2. The van der Waals surface area contributed by atoms with Crippen LogP contribution in [0.4, 0.5) is 4.79 Å². The van der Waals surface area contributed by atoms with Crippen molar-refractivity contribution < 1.29 is 14.3 Å². The second-order valence-electron chi connectivity index (χ2n) is 8.73. The van der Waals surface area contributed by atoms with Gasteiger partial charge in [0.2, 0.25) is 5.91 Å². The van der Waals surface area contributed by atoms with E-state index in [1.807, 2.05) is 49.2 Å². The Bertz CT molecular complexity index is 936. The number of halogens is 1. The molecule has 1 aliphatic heterocycles. The van der Waals surface area contributed by atoms with Gasteiger partial charge in [0.15, 0.2) is 0 Å². The van der Waals surface area contributed by atoms with Gasteiger partial charge in [-0.05, 0) is 48.3 Å². The van der Waals surface area contributed by atoms with Crippen LogP contribution in [0.25, 0.3) is 11.3 Å². The Morgan fingerprint density at radius 3 is 2.60 bits per heavy atom. The molecule has 2 aromatic rings. The molecule has 1 spiro atoms. The number of likely N-dealkylation sites (tertiary alicyclic amines) is 1. The topological polar surface area (TPSA) is 87.3 Å². The molecule has 1 aromatic heterocycles. The van der Waals surface area contributed by atoms with Gasteiger partial charge >= 0.3 is 6.09 Å². The number of amides is 2. The number of rotatable bonds is 5. The normalized spacial score (nSPS) is 20.4. The summed E-state index contributed by atoms with van der Waals surface area (Å²) in [6.07, 6.45) is 4.39. The van der Waals surface area contributed by atoms with Gasteiger partial charge in [0.25, 0.3) is 0 Å². The van der Waals surface area contributed by atoms with E-state index in [9.17, 15) is 9.59 Å². The highest BCUT2D eigenvalue weighted by molar-refractivity contribution is 9.10. The van der Waals surface area contributed by atoms with E-state index >= 15 is 0 Å². The Kier molecular flexibility index (Phi) is 5.61. The quantitative estimate of drug-likeness (QED) is 0.676. The van der Waals surface area contributed by atoms with E-state index in [1.54, 1.807) is 0 Å². The third-order valence-corrected chi connectivity index (χ3v) is 6.73. The second kappa shape index (κ2) is 8.06. The predicted molar refractivity (Wildman–Crippen MR) is 117 cm³/mol. The van der Waals surface area contributed by atoms with Crippen LogP contribution >= 0.6 is 15.9 Å². The average molecular weight is 475 g/mol. The summed E-state index contributed by atoms with van der Waals surface area (Å²) in [5.74, 6) is 0.666. The molecule has 2 aliphatic rings. The summed E-state index contributed by atoms with van der Waals surface area (Å²) in [5, 5.41) is 2.71. The molecule has 0 radical (unpaired) electrons. The van der Waals surface area contributed by atoms with E-state index in [-0.39, 0.29) is 23.3 Å². The molecule has 1 aromatic carbocycles. The number of hydrogen-bond donors (Lipinski definition) is 2. The highest BCUT2D eigenvalue weighted by atomic mass is 79.9. The van der Waals surface area contributed by atoms with Gasteiger partial charge in [-0.25, -0.2) is 9.78 Å². The molecule has 4 rings (SSSR count). The average Bonchev–Trinajstić information content (AvgIpc) is 3.13. The van der Waals surface area contributed by atoms with Crippen molar-refractivity contribution in [2.75, 3.05) is 13.7 Å². The summed E-state index contributed by atoms with van der Waals surface area (Å²) >= 11 is 3.46. The molecular formula is C22H27BrN4O3. The van der Waals surface area contributed by atoms with Crippen molar-refractivity contribution in [3.63, 3.8) is 0 Å². The molecule has 30 heavy (non-hydrogen) atoms. The number of methoxy groups -OCH3 is 1. The summed E-state index contributed by atoms with van der Waals surface area (Å²) in [7, 11) is 1.31. The Labute approximate surface area is 184 Å². The maximum absolute atomic E-state index is 13.5. The number of ether oxygens (including phenoxy) is 1. The Morgan fingerprint density at radius 2 is 2.00 bits per heavy atom. The SMILES string of the molecule is COC(=O)N[C@H](C(=O)N1CC2(CC2)C[C@H]1c1ncc(-c2ccc(Br)cc2)[nH]1)C(C)C. The van der Waals surface area contributed by atoms with Crippen molar-refractivity contribution >= 4 is 27.9 Å². The van der Waals surface area contributed by atoms with Crippen LogP contribution in [0.5, 0.6) is 0 Å². The fourth-order valence-electron chi connectivity index (χ4n) is 4.23. The molecule has 0 unspecified atom stereocenters. The second-order valence-corrected chi connectivity index (χ2v) is 9.65. The Hall–Kier alpha value is -2.35. The lowest BCUT2D eigenvalue weighted by molar-refractivity contribution is -0.135. The van der Waals surface area contributed by atoms with Crippen molar-refractivity contribution in [3.05, 3.63) is 40.8 Å². The molecule has 2 N–H and O–H groups in total. The molecule has 2 fully saturated rings. The maximum atomic E-state index is 13.5. The highest BCUT2D eigenvalue weighted by Gasteiger charge is 2.55. The molecule has 160 valence electrons. The number of H-pyrrole nitrogens is 1. The van der Waals surface area contributed by atoms with Crippen LogP contribution in [0.15, 0.2) is 34.9 Å². The van der Waals surface area contributed by atoms with Crippen molar-refractivity contribution in [1.82, 2.24) is 20.2 Å². The monoisotopic (exact) mass is 474 g/mol. The molecule has 1 saturated carbocycles. The number of nitrogens with zero attached hydrogens (tertiary/aromatic N) is 2. The van der Waals surface area contributed by atoms with Gasteiger partial charge in [0, 0.05) is 11.0 Å². The summed E-state index contributed by atoms with van der Waals surface area (Å²) in [4.78, 5) is 35.2. The van der Waals surface area contributed by atoms with Crippen molar-refractivity contribution in [3.8, 4) is 11.3 Å². The first-order valence-electron chi connectivity index (χ1n) is 10.3. The summed E-state index contributed by atoms with van der Waals surface area (Å²) in [6, 6.07) is 7.28. The lowest BCUT2D eigenvalue weighted by atomic mass is 10.0. The van der Waals surface area contributed by atoms with Gasteiger partial charge in [0.05, 0.1) is 25.0 Å². The minimum absolute atomic E-state index is 0.0528. The molecule has 1 saturated heterocycles. The van der Waals surface area contributed by atoms with Crippen LogP contribution < -0.4 is 5.32 Å². The largest absolute Gasteiger partial charge is 0.453 e. The van der Waals surface area contributed by atoms with Gasteiger partial charge < -0.3 is 19.9 Å². The van der Waals surface area contributed by atoms with E-state index in [0.29, 0.717) is 6.54 Å². The smallest absolute Gasteiger partial charge is 0.407 e. The van der Waals surface area contributed by atoms with Crippen molar-refractivity contribution in [1.29, 1.82) is 0 Å². The molecule has 1 aliphatic carbocycles. The molecular weight excluding hydrogens is 448 g/mol. The fourth-order valence-corrected chi connectivity index (χ4v) is 4.50. The van der Waals surface area contributed by atoms with Crippen LogP contribution in [-0.2, 0) is 9.53 Å². The number of carbonyl (C=O) groups excluding carboxylic acids is 2. The third-order valence-electron chi connectivity index (χ3n) is 6.21. The number of aromatic amines is 1. The first-order valence-corrected chi connectivity index (χ1v) is 11.1. The molecule has 7 nitrogen and oxygen atoms in total. The van der Waals surface area contributed by atoms with Gasteiger partial charge in [-0.1, -0.05) is 41.9 Å². The number of benzene rings is 1. The van der Waals surface area contributed by atoms with Gasteiger partial charge in [0.1, 0.15) is 11.9 Å². The first-order chi connectivity index (χ1) is 14.3. The number of alkyl carbamates (subject to hydrolysis) is 1. The minimum Gasteiger partial charge on any atom is -0.453 e. The molecule has 2 atom stereocenters. The zero-order chi connectivity index (χ0) is 21.5. The number of nitrogens with one attached hydrogen (secondary N) is 2. The fraction of sp³-hybridized carbons (Fsp3) is 0.500. The van der Waals surface area contributed by atoms with Crippen molar-refractivity contribution in [2.24, 2.45) is 11.3 Å². The van der Waals surface area contributed by atoms with Crippen LogP contribution in [0.2, 0.25) is 0 Å². The zero-order valence-electron chi connectivity index (χ0n) is 17.4. The standard InChI is InChI=1S/C22H27BrN4O3/c1-13(2)18(26-21(29)30-3)20(28)27-12-22(8-9-22)10-17(27)19-24-11-16(25-19)14-4-6-15(23)7-5-14/h4-7,11,13,17-18H,8-10,12H2,1-3H3,(H,24,25)(H,26,29)/t17-,18-/m0/s1. The van der Waals surface area contributed by atoms with Gasteiger partial charge in [-0.3, -0.25) is 4.79 Å². The van der Waals surface area contributed by atoms with Crippen molar-refractivity contribution in [2.45, 2.75) is 45.2 Å². The van der Waals surface area contributed by atoms with Gasteiger partial charge in [-0.15, -0.1) is 0 Å². The van der Waals surface area contributed by atoms with Crippen LogP contribution in [-0.4, -0.2) is 46.6 Å². The van der Waals surface area contributed by atoms with Gasteiger partial charge in [-0.2, -0.15) is 0 Å². The molecule has 2 heterocycles. The van der Waals surface area contributed by atoms with Crippen LogP contribution in [0.1, 0.15) is 45.0 Å². The third kappa shape index (κ3) is 4.10. The predicted octanol–water partition coefficient (Wildman–Crippen LogP) is 4.27. The van der Waals surface area contributed by atoms with E-state index in [2.05, 4.69) is 31.2 Å². The van der Waals surface area contributed by atoms with E-state index in [1.165, 1.54) is 7.11 Å². The molecule has 8 heteroatoms. The molecule has 0 bridgehead atoms. The Balaban J connectivity index is 1.59. The first kappa shape index (κ1) is 20.9. The van der Waals surface area contributed by atoms with E-state index in [0.717, 1.165) is 40.8 Å². The number of hydrogen-bond acceptors (Lipinski definition) is 4. The summed E-state index contributed by atoms with van der Waals surface area (Å²) < 4.78 is 5.75. The zero-order valence-corrected chi connectivity index (χ0v) is 19.0. The van der Waals surface area contributed by atoms with Crippen LogP contribution in [0.3, 0.4) is 0 Å². The lowest BCUT2D eigenvalue weighted by Gasteiger charge is -2.30. The van der Waals surface area contributed by atoms with E-state index < -0.39 is 12.1 Å². The molecule has 2 amide bonds. The van der Waals surface area contributed by atoms with E-state index in [4.69, 9.17) is 4.74 Å². The summed E-state index contributed by atoms with van der Waals surface area (Å²) in [6.45, 7) is 4.56. The lowest BCUT2D eigenvalue weighted by Crippen LogP contribution is -2.51.